The number of carbonyl (C=O) groups is 1. The summed E-state index contributed by atoms with van der Waals surface area (Å²) in [6.45, 7) is 2.57. The first-order valence-electron chi connectivity index (χ1n) is 5.41. The molecule has 1 heterocycles. The number of esters is 1. The van der Waals surface area contributed by atoms with E-state index in [1.165, 1.54) is 0 Å². The summed E-state index contributed by atoms with van der Waals surface area (Å²) in [4.78, 5) is 21.5. The smallest absolute Gasteiger partial charge is 0.341 e. The molecule has 1 aliphatic rings. The summed E-state index contributed by atoms with van der Waals surface area (Å²) < 4.78 is 5.03. The first kappa shape index (κ1) is 11.1. The van der Waals surface area contributed by atoms with E-state index >= 15 is 0 Å². The lowest BCUT2D eigenvalue weighted by Crippen LogP contribution is -2.05. The van der Waals surface area contributed by atoms with Gasteiger partial charge in [0.05, 0.1) is 12.2 Å². The molecule has 0 spiro atoms. The molecule has 1 aromatic rings. The minimum absolute atomic E-state index is 0.361. The Morgan fingerprint density at radius 2 is 2.19 bits per heavy atom. The summed E-state index contributed by atoms with van der Waals surface area (Å²) in [5.74, 6) is -0.361. The van der Waals surface area contributed by atoms with Crippen molar-refractivity contribution in [2.45, 2.75) is 26.1 Å². The van der Waals surface area contributed by atoms with Gasteiger partial charge < -0.3 is 4.74 Å². The lowest BCUT2D eigenvalue weighted by atomic mass is 10.1. The van der Waals surface area contributed by atoms with Gasteiger partial charge in [0, 0.05) is 5.56 Å². The fourth-order valence-electron chi connectivity index (χ4n) is 1.50. The van der Waals surface area contributed by atoms with Crippen molar-refractivity contribution < 1.29 is 19.3 Å². The zero-order valence-electron chi connectivity index (χ0n) is 9.14. The van der Waals surface area contributed by atoms with E-state index in [-0.39, 0.29) is 5.97 Å². The van der Waals surface area contributed by atoms with Gasteiger partial charge in [-0.05, 0) is 12.5 Å². The fourth-order valence-corrected chi connectivity index (χ4v) is 1.50. The monoisotopic (exact) mass is 222 g/mol. The van der Waals surface area contributed by atoms with Crippen molar-refractivity contribution in [3.8, 4) is 0 Å². The molecule has 0 saturated carbocycles. The van der Waals surface area contributed by atoms with Crippen molar-refractivity contribution in [3.63, 3.8) is 0 Å². The average Bonchev–Trinajstić information content (AvgIpc) is 2.63. The van der Waals surface area contributed by atoms with Gasteiger partial charge >= 0.3 is 5.97 Å². The Morgan fingerprint density at radius 3 is 3.00 bits per heavy atom. The molecule has 2 rings (SSSR count). The van der Waals surface area contributed by atoms with E-state index in [1.807, 2.05) is 6.07 Å². The maximum Gasteiger partial charge on any atom is 0.341 e. The minimum atomic E-state index is -0.722. The van der Waals surface area contributed by atoms with E-state index in [1.54, 1.807) is 18.2 Å². The molecule has 1 atom stereocenters. The molecule has 0 aliphatic carbocycles. The van der Waals surface area contributed by atoms with Gasteiger partial charge in [-0.25, -0.2) is 9.68 Å². The zero-order chi connectivity index (χ0) is 11.4. The second kappa shape index (κ2) is 5.09. The normalized spacial score (nSPS) is 18.3. The van der Waals surface area contributed by atoms with Crippen molar-refractivity contribution in [2.24, 2.45) is 0 Å². The van der Waals surface area contributed by atoms with Gasteiger partial charge in [0.25, 0.3) is 6.29 Å². The van der Waals surface area contributed by atoms with Crippen LogP contribution in [0.25, 0.3) is 0 Å². The SMILES string of the molecule is CCCCOOC1OC(=O)c2ccccc21. The number of benzene rings is 1. The summed E-state index contributed by atoms with van der Waals surface area (Å²) in [7, 11) is 0. The van der Waals surface area contributed by atoms with Crippen LogP contribution >= 0.6 is 0 Å². The molecule has 1 aliphatic heterocycles. The summed E-state index contributed by atoms with van der Waals surface area (Å²) in [6, 6.07) is 7.14. The first-order valence-corrected chi connectivity index (χ1v) is 5.41. The van der Waals surface area contributed by atoms with E-state index in [0.29, 0.717) is 12.2 Å². The van der Waals surface area contributed by atoms with Gasteiger partial charge in [0.1, 0.15) is 0 Å². The van der Waals surface area contributed by atoms with Gasteiger partial charge in [-0.2, -0.15) is 4.89 Å². The molecule has 0 bridgehead atoms. The largest absolute Gasteiger partial charge is 0.425 e. The predicted octanol–water partition coefficient (Wildman–Crippen LogP) is 2.60. The summed E-state index contributed by atoms with van der Waals surface area (Å²) in [5.41, 5.74) is 1.27. The van der Waals surface area contributed by atoms with Crippen molar-refractivity contribution in [3.05, 3.63) is 35.4 Å². The highest BCUT2D eigenvalue weighted by atomic mass is 17.2. The zero-order valence-corrected chi connectivity index (χ0v) is 9.14. The summed E-state index contributed by atoms with van der Waals surface area (Å²) in [5, 5.41) is 0. The van der Waals surface area contributed by atoms with Crippen LogP contribution in [0.3, 0.4) is 0 Å². The Morgan fingerprint density at radius 1 is 1.38 bits per heavy atom. The van der Waals surface area contributed by atoms with Crippen molar-refractivity contribution in [2.75, 3.05) is 6.61 Å². The van der Waals surface area contributed by atoms with Crippen LogP contribution in [0.2, 0.25) is 0 Å². The molecule has 0 amide bonds. The Bertz CT molecular complexity index is 375. The lowest BCUT2D eigenvalue weighted by molar-refractivity contribution is -0.369. The molecule has 1 aromatic carbocycles. The molecular formula is C12H14O4. The Labute approximate surface area is 94.0 Å². The van der Waals surface area contributed by atoms with Gasteiger partial charge in [0.2, 0.25) is 0 Å². The van der Waals surface area contributed by atoms with Crippen LogP contribution < -0.4 is 0 Å². The molecule has 16 heavy (non-hydrogen) atoms. The average molecular weight is 222 g/mol. The summed E-state index contributed by atoms with van der Waals surface area (Å²) in [6.07, 6.45) is 1.23. The van der Waals surface area contributed by atoms with Crippen LogP contribution in [0.4, 0.5) is 0 Å². The van der Waals surface area contributed by atoms with E-state index in [0.717, 1.165) is 18.4 Å². The van der Waals surface area contributed by atoms with Crippen LogP contribution in [-0.4, -0.2) is 12.6 Å². The standard InChI is InChI=1S/C12H14O4/c1-2-3-8-14-16-12-10-7-5-4-6-9(10)11(13)15-12/h4-7,12H,2-3,8H2,1H3. The molecule has 86 valence electrons. The molecule has 4 nitrogen and oxygen atoms in total. The van der Waals surface area contributed by atoms with Crippen LogP contribution in [0, 0.1) is 0 Å². The van der Waals surface area contributed by atoms with Crippen molar-refractivity contribution in [1.82, 2.24) is 0 Å². The van der Waals surface area contributed by atoms with Crippen LogP contribution in [0.1, 0.15) is 42.0 Å². The number of hydrogen-bond donors (Lipinski definition) is 0. The number of cyclic esters (lactones) is 1. The fraction of sp³-hybridized carbons (Fsp3) is 0.417. The number of carbonyl (C=O) groups excluding carboxylic acids is 1. The minimum Gasteiger partial charge on any atom is -0.425 e. The number of rotatable bonds is 5. The summed E-state index contributed by atoms with van der Waals surface area (Å²) >= 11 is 0. The highest BCUT2D eigenvalue weighted by Gasteiger charge is 2.31. The lowest BCUT2D eigenvalue weighted by Gasteiger charge is -2.10. The highest BCUT2D eigenvalue weighted by molar-refractivity contribution is 5.93. The molecule has 0 N–H and O–H groups in total. The topological polar surface area (TPSA) is 44.8 Å². The van der Waals surface area contributed by atoms with E-state index in [4.69, 9.17) is 14.5 Å². The van der Waals surface area contributed by atoms with E-state index in [9.17, 15) is 4.79 Å². The molecule has 0 aromatic heterocycles. The molecule has 4 heteroatoms. The number of unbranched alkanes of at least 4 members (excludes halogenated alkanes) is 1. The van der Waals surface area contributed by atoms with Crippen molar-refractivity contribution >= 4 is 5.97 Å². The molecule has 0 fully saturated rings. The maximum atomic E-state index is 11.4. The quantitative estimate of drug-likeness (QED) is 0.332. The van der Waals surface area contributed by atoms with E-state index in [2.05, 4.69) is 6.92 Å². The second-order valence-corrected chi connectivity index (χ2v) is 3.60. The Kier molecular flexibility index (Phi) is 3.54. The van der Waals surface area contributed by atoms with Gasteiger partial charge in [-0.1, -0.05) is 31.5 Å². The Balaban J connectivity index is 1.96. The molecule has 0 radical (unpaired) electrons. The molecule has 1 unspecified atom stereocenters. The number of hydrogen-bond acceptors (Lipinski definition) is 4. The first-order chi connectivity index (χ1) is 7.83. The predicted molar refractivity (Wildman–Crippen MR) is 56.5 cm³/mol. The van der Waals surface area contributed by atoms with Crippen LogP contribution in [0.5, 0.6) is 0 Å². The van der Waals surface area contributed by atoms with Crippen LogP contribution in [0.15, 0.2) is 24.3 Å². The molecule has 0 saturated heterocycles. The molecular weight excluding hydrogens is 208 g/mol. The second-order valence-electron chi connectivity index (χ2n) is 3.60. The van der Waals surface area contributed by atoms with Gasteiger partial charge in [-0.3, -0.25) is 0 Å². The van der Waals surface area contributed by atoms with Gasteiger partial charge in [-0.15, -0.1) is 0 Å². The van der Waals surface area contributed by atoms with Gasteiger partial charge in [0.15, 0.2) is 0 Å². The third kappa shape index (κ3) is 2.23. The maximum absolute atomic E-state index is 11.4. The van der Waals surface area contributed by atoms with E-state index < -0.39 is 6.29 Å². The van der Waals surface area contributed by atoms with Crippen molar-refractivity contribution in [1.29, 1.82) is 0 Å². The Hall–Kier alpha value is -1.39. The number of ether oxygens (including phenoxy) is 1. The number of fused-ring (bicyclic) bond motifs is 1. The highest BCUT2D eigenvalue weighted by Crippen LogP contribution is 2.31. The van der Waals surface area contributed by atoms with Crippen LogP contribution in [-0.2, 0) is 14.5 Å². The third-order valence-electron chi connectivity index (χ3n) is 2.39. The third-order valence-corrected chi connectivity index (χ3v) is 2.39.